The highest BCUT2D eigenvalue weighted by molar-refractivity contribution is 6.06. The van der Waals surface area contributed by atoms with E-state index < -0.39 is 0 Å². The minimum atomic E-state index is -0.278. The summed E-state index contributed by atoms with van der Waals surface area (Å²) in [6.07, 6.45) is 2.95. The Kier molecular flexibility index (Phi) is 2.10. The van der Waals surface area contributed by atoms with Gasteiger partial charge in [-0.25, -0.2) is 9.97 Å². The van der Waals surface area contributed by atoms with Gasteiger partial charge in [0.2, 0.25) is 17.8 Å². The van der Waals surface area contributed by atoms with Gasteiger partial charge in [-0.2, -0.15) is 0 Å². The molecule has 2 heterocycles. The number of carbonyl (C=O) groups is 2. The molecule has 1 aromatic rings. The van der Waals surface area contributed by atoms with Crippen molar-refractivity contribution >= 4 is 17.8 Å². The zero-order valence-electron chi connectivity index (χ0n) is 7.30. The first-order valence-electron chi connectivity index (χ1n) is 4.11. The molecule has 2 amide bonds. The average molecular weight is 192 g/mol. The van der Waals surface area contributed by atoms with Crippen LogP contribution in [0, 0.1) is 0 Å². The summed E-state index contributed by atoms with van der Waals surface area (Å²) in [6, 6.07) is 1.66. The molecule has 0 saturated carbocycles. The Labute approximate surface area is 80.0 Å². The Hall–Kier alpha value is -1.98. The Morgan fingerprint density at radius 1 is 1.29 bits per heavy atom. The number of carbonyl (C=O) groups excluding carboxylic acids is 2. The highest BCUT2D eigenvalue weighted by Gasteiger charge is 2.25. The summed E-state index contributed by atoms with van der Waals surface area (Å²) in [5.41, 5.74) is 0. The number of amides is 2. The molecule has 6 heteroatoms. The van der Waals surface area contributed by atoms with E-state index in [0.717, 1.165) is 0 Å². The number of anilines is 1. The second-order valence-corrected chi connectivity index (χ2v) is 2.81. The Morgan fingerprint density at radius 2 is 2.00 bits per heavy atom. The van der Waals surface area contributed by atoms with Gasteiger partial charge in [0.25, 0.3) is 0 Å². The van der Waals surface area contributed by atoms with E-state index in [1.807, 2.05) is 0 Å². The molecule has 1 saturated heterocycles. The van der Waals surface area contributed by atoms with Crippen molar-refractivity contribution < 1.29 is 9.59 Å². The maximum absolute atomic E-state index is 11.4. The smallest absolute Gasteiger partial charge is 0.240 e. The van der Waals surface area contributed by atoms with Gasteiger partial charge >= 0.3 is 0 Å². The van der Waals surface area contributed by atoms with Crippen molar-refractivity contribution in [2.45, 2.75) is 6.42 Å². The molecule has 0 unspecified atom stereocenters. The quantitative estimate of drug-likeness (QED) is 0.596. The van der Waals surface area contributed by atoms with Crippen molar-refractivity contribution in [3.05, 3.63) is 18.5 Å². The van der Waals surface area contributed by atoms with Gasteiger partial charge in [0.15, 0.2) is 0 Å². The zero-order chi connectivity index (χ0) is 9.97. The number of hydrogen-bond acceptors (Lipinski definition) is 4. The van der Waals surface area contributed by atoms with E-state index in [-0.39, 0.29) is 24.9 Å². The van der Waals surface area contributed by atoms with Crippen molar-refractivity contribution in [1.82, 2.24) is 15.3 Å². The average Bonchev–Trinajstić information content (AvgIpc) is 2.19. The molecule has 0 aromatic carbocycles. The van der Waals surface area contributed by atoms with Gasteiger partial charge < -0.3 is 5.32 Å². The van der Waals surface area contributed by atoms with Crippen LogP contribution in [-0.2, 0) is 9.59 Å². The van der Waals surface area contributed by atoms with Crippen molar-refractivity contribution in [3.8, 4) is 0 Å². The van der Waals surface area contributed by atoms with Gasteiger partial charge in [-0.3, -0.25) is 14.5 Å². The molecule has 6 nitrogen and oxygen atoms in total. The molecule has 1 fully saturated rings. The molecule has 1 aliphatic rings. The lowest BCUT2D eigenvalue weighted by Gasteiger charge is -2.24. The van der Waals surface area contributed by atoms with Crippen LogP contribution in [0.5, 0.6) is 0 Å². The lowest BCUT2D eigenvalue weighted by molar-refractivity contribution is -0.130. The molecule has 0 atom stereocenters. The van der Waals surface area contributed by atoms with Crippen LogP contribution in [0.15, 0.2) is 18.5 Å². The second kappa shape index (κ2) is 3.41. The van der Waals surface area contributed by atoms with Crippen LogP contribution in [-0.4, -0.2) is 28.5 Å². The highest BCUT2D eigenvalue weighted by atomic mass is 16.2. The topological polar surface area (TPSA) is 75.2 Å². The molecule has 14 heavy (non-hydrogen) atoms. The maximum atomic E-state index is 11.4. The SMILES string of the molecule is O=C1CC(=O)N(c2ncccn2)CN1. The van der Waals surface area contributed by atoms with Crippen molar-refractivity contribution in [1.29, 1.82) is 0 Å². The number of nitrogens with zero attached hydrogens (tertiary/aromatic N) is 3. The summed E-state index contributed by atoms with van der Waals surface area (Å²) in [6.45, 7) is 0.141. The largest absolute Gasteiger partial charge is 0.338 e. The minimum absolute atomic E-state index is 0.141. The van der Waals surface area contributed by atoms with E-state index in [1.54, 1.807) is 18.5 Å². The van der Waals surface area contributed by atoms with Crippen LogP contribution in [0.1, 0.15) is 6.42 Å². The number of hydrogen-bond donors (Lipinski definition) is 1. The normalized spacial score (nSPS) is 16.7. The molecule has 1 N–H and O–H groups in total. The zero-order valence-corrected chi connectivity index (χ0v) is 7.30. The summed E-state index contributed by atoms with van der Waals surface area (Å²) < 4.78 is 0. The number of aromatic nitrogens is 2. The third-order valence-electron chi connectivity index (χ3n) is 1.84. The Morgan fingerprint density at radius 3 is 2.64 bits per heavy atom. The van der Waals surface area contributed by atoms with Crippen LogP contribution >= 0.6 is 0 Å². The summed E-state index contributed by atoms with van der Waals surface area (Å²) >= 11 is 0. The lowest BCUT2D eigenvalue weighted by atomic mass is 10.3. The first kappa shape index (κ1) is 8.61. The van der Waals surface area contributed by atoms with E-state index >= 15 is 0 Å². The van der Waals surface area contributed by atoms with Crippen LogP contribution in [0.25, 0.3) is 0 Å². The van der Waals surface area contributed by atoms with Gasteiger partial charge in [0.1, 0.15) is 13.1 Å². The van der Waals surface area contributed by atoms with E-state index in [1.165, 1.54) is 4.90 Å². The standard InChI is InChI=1S/C8H8N4O2/c13-6-4-7(14)12(5-11-6)8-9-2-1-3-10-8/h1-3H,4-5H2,(H,11,13). The second-order valence-electron chi connectivity index (χ2n) is 2.81. The maximum Gasteiger partial charge on any atom is 0.240 e. The number of nitrogens with one attached hydrogen (secondary N) is 1. The molecule has 0 aliphatic carbocycles. The predicted molar refractivity (Wildman–Crippen MR) is 47.1 cm³/mol. The first-order chi connectivity index (χ1) is 6.77. The highest BCUT2D eigenvalue weighted by Crippen LogP contribution is 2.08. The Balaban J connectivity index is 2.20. The molecular formula is C8H8N4O2. The first-order valence-corrected chi connectivity index (χ1v) is 4.11. The fraction of sp³-hybridized carbons (Fsp3) is 0.250. The molecular weight excluding hydrogens is 184 g/mol. The molecule has 1 aromatic heterocycles. The van der Waals surface area contributed by atoms with Crippen LogP contribution in [0.2, 0.25) is 0 Å². The summed E-state index contributed by atoms with van der Waals surface area (Å²) in [7, 11) is 0. The van der Waals surface area contributed by atoms with Gasteiger partial charge in [0.05, 0.1) is 0 Å². The van der Waals surface area contributed by atoms with Gasteiger partial charge in [-0.15, -0.1) is 0 Å². The van der Waals surface area contributed by atoms with Gasteiger partial charge in [-0.1, -0.05) is 0 Å². The van der Waals surface area contributed by atoms with E-state index in [4.69, 9.17) is 0 Å². The van der Waals surface area contributed by atoms with E-state index in [0.29, 0.717) is 5.95 Å². The fourth-order valence-electron chi connectivity index (χ4n) is 1.16. The summed E-state index contributed by atoms with van der Waals surface area (Å²) in [5, 5.41) is 2.55. The summed E-state index contributed by atoms with van der Waals surface area (Å²) in [4.78, 5) is 31.4. The fourth-order valence-corrected chi connectivity index (χ4v) is 1.16. The summed E-state index contributed by atoms with van der Waals surface area (Å²) in [5.74, 6) is -0.223. The van der Waals surface area contributed by atoms with Gasteiger partial charge in [0, 0.05) is 12.4 Å². The monoisotopic (exact) mass is 192 g/mol. The molecule has 2 rings (SSSR count). The third kappa shape index (κ3) is 1.54. The Bertz CT molecular complexity index is 365. The van der Waals surface area contributed by atoms with Crippen LogP contribution in [0.3, 0.4) is 0 Å². The molecule has 72 valence electrons. The third-order valence-corrected chi connectivity index (χ3v) is 1.84. The van der Waals surface area contributed by atoms with Crippen molar-refractivity contribution in [2.75, 3.05) is 11.6 Å². The van der Waals surface area contributed by atoms with Gasteiger partial charge in [-0.05, 0) is 6.07 Å². The van der Waals surface area contributed by atoms with Crippen LogP contribution < -0.4 is 10.2 Å². The minimum Gasteiger partial charge on any atom is -0.338 e. The van der Waals surface area contributed by atoms with E-state index in [2.05, 4.69) is 15.3 Å². The van der Waals surface area contributed by atoms with Crippen LogP contribution in [0.4, 0.5) is 5.95 Å². The molecule has 0 spiro atoms. The predicted octanol–water partition coefficient (Wildman–Crippen LogP) is -0.713. The molecule has 0 bridgehead atoms. The van der Waals surface area contributed by atoms with E-state index in [9.17, 15) is 9.59 Å². The van der Waals surface area contributed by atoms with Crippen molar-refractivity contribution in [3.63, 3.8) is 0 Å². The molecule has 1 aliphatic heterocycles. The lowest BCUT2D eigenvalue weighted by Crippen LogP contribution is -2.49. The molecule has 0 radical (unpaired) electrons. The van der Waals surface area contributed by atoms with Crippen molar-refractivity contribution in [2.24, 2.45) is 0 Å². The number of rotatable bonds is 1.